The molecule has 1 fully saturated rings. The summed E-state index contributed by atoms with van der Waals surface area (Å²) in [5.41, 5.74) is -0.532. The molecule has 0 unspecified atom stereocenters. The van der Waals surface area contributed by atoms with Gasteiger partial charge in [-0.15, -0.1) is 0 Å². The van der Waals surface area contributed by atoms with Crippen molar-refractivity contribution in [3.05, 3.63) is 45.1 Å². The average Bonchev–Trinajstić information content (AvgIpc) is 3.10. The zero-order valence-corrected chi connectivity index (χ0v) is 14.5. The summed E-state index contributed by atoms with van der Waals surface area (Å²) in [5.74, 6) is -0.322. The first-order valence-electron chi connectivity index (χ1n) is 8.78. The van der Waals surface area contributed by atoms with Gasteiger partial charge in [-0.3, -0.25) is 14.2 Å². The lowest BCUT2D eigenvalue weighted by Crippen LogP contribution is -2.43. The molecule has 134 valence electrons. The Morgan fingerprint density at radius 2 is 1.96 bits per heavy atom. The predicted octanol–water partition coefficient (Wildman–Crippen LogP) is 0.680. The van der Waals surface area contributed by atoms with E-state index in [9.17, 15) is 14.4 Å². The van der Waals surface area contributed by atoms with Gasteiger partial charge < -0.3 is 15.2 Å². The number of likely N-dealkylation sites (tertiary alicyclic amines) is 1. The quantitative estimate of drug-likeness (QED) is 0.807. The Morgan fingerprint density at radius 1 is 1.24 bits per heavy atom. The highest BCUT2D eigenvalue weighted by Gasteiger charge is 2.15. The Balaban J connectivity index is 1.63. The molecule has 0 spiro atoms. The third-order valence-electron chi connectivity index (χ3n) is 4.68. The smallest absolute Gasteiger partial charge is 0.329 e. The Morgan fingerprint density at radius 3 is 2.72 bits per heavy atom. The molecule has 1 atom stereocenters. The number of nitrogens with one attached hydrogen (secondary N) is 2. The Hall–Kier alpha value is -2.41. The van der Waals surface area contributed by atoms with Crippen LogP contribution in [0.15, 0.2) is 33.9 Å². The molecule has 1 aliphatic rings. The van der Waals surface area contributed by atoms with Gasteiger partial charge in [-0.1, -0.05) is 12.1 Å². The van der Waals surface area contributed by atoms with Gasteiger partial charge in [-0.25, -0.2) is 4.79 Å². The van der Waals surface area contributed by atoms with E-state index in [0.29, 0.717) is 10.9 Å². The fourth-order valence-electron chi connectivity index (χ4n) is 3.26. The van der Waals surface area contributed by atoms with Gasteiger partial charge in [0.05, 0.1) is 10.9 Å². The number of hydrogen-bond donors (Lipinski definition) is 2. The van der Waals surface area contributed by atoms with E-state index in [1.807, 2.05) is 6.92 Å². The van der Waals surface area contributed by atoms with Crippen LogP contribution in [-0.2, 0) is 11.3 Å². The topological polar surface area (TPSA) is 87.2 Å². The summed E-state index contributed by atoms with van der Waals surface area (Å²) in [4.78, 5) is 41.8. The van der Waals surface area contributed by atoms with Crippen molar-refractivity contribution in [1.29, 1.82) is 0 Å². The monoisotopic (exact) mass is 344 g/mol. The van der Waals surface area contributed by atoms with Crippen molar-refractivity contribution in [2.24, 2.45) is 0 Å². The second-order valence-electron chi connectivity index (χ2n) is 6.67. The van der Waals surface area contributed by atoms with Crippen molar-refractivity contribution in [3.8, 4) is 0 Å². The number of fused-ring (bicyclic) bond motifs is 1. The predicted molar refractivity (Wildman–Crippen MR) is 96.7 cm³/mol. The molecule has 0 bridgehead atoms. The van der Waals surface area contributed by atoms with Crippen molar-refractivity contribution in [3.63, 3.8) is 0 Å². The summed E-state index contributed by atoms with van der Waals surface area (Å²) >= 11 is 0. The molecule has 2 aromatic rings. The highest BCUT2D eigenvalue weighted by Crippen LogP contribution is 2.08. The van der Waals surface area contributed by atoms with Crippen LogP contribution in [0.5, 0.6) is 0 Å². The lowest BCUT2D eigenvalue weighted by Gasteiger charge is -2.19. The van der Waals surface area contributed by atoms with Crippen molar-refractivity contribution in [1.82, 2.24) is 19.8 Å². The van der Waals surface area contributed by atoms with E-state index >= 15 is 0 Å². The van der Waals surface area contributed by atoms with Crippen LogP contribution in [0, 0.1) is 0 Å². The van der Waals surface area contributed by atoms with Gasteiger partial charge in [-0.05, 0) is 51.4 Å². The van der Waals surface area contributed by atoms with Crippen molar-refractivity contribution >= 4 is 16.8 Å². The van der Waals surface area contributed by atoms with Crippen LogP contribution in [0.25, 0.3) is 10.9 Å². The summed E-state index contributed by atoms with van der Waals surface area (Å²) in [6.07, 6.45) is 3.34. The largest absolute Gasteiger partial charge is 0.352 e. The minimum Gasteiger partial charge on any atom is -0.352 e. The summed E-state index contributed by atoms with van der Waals surface area (Å²) in [6.45, 7) is 4.89. The third-order valence-corrected chi connectivity index (χ3v) is 4.68. The maximum absolute atomic E-state index is 12.4. The van der Waals surface area contributed by atoms with Gasteiger partial charge in [0.1, 0.15) is 6.54 Å². The molecule has 0 radical (unpaired) electrons. The highest BCUT2D eigenvalue weighted by molar-refractivity contribution is 5.78. The fourth-order valence-corrected chi connectivity index (χ4v) is 3.26. The zero-order valence-electron chi connectivity index (χ0n) is 14.5. The molecule has 0 aliphatic carbocycles. The third kappa shape index (κ3) is 4.17. The minimum absolute atomic E-state index is 0.00309. The number of amides is 1. The van der Waals surface area contributed by atoms with Crippen molar-refractivity contribution < 1.29 is 4.79 Å². The molecule has 0 saturated carbocycles. The first-order valence-corrected chi connectivity index (χ1v) is 8.78. The van der Waals surface area contributed by atoms with Crippen LogP contribution in [0.2, 0.25) is 0 Å². The SMILES string of the molecule is C[C@@H](CCN1CCCC1)NC(=O)Cn1c(=O)[nH]c2ccccc2c1=O. The number of rotatable bonds is 6. The van der Waals surface area contributed by atoms with Gasteiger partial charge >= 0.3 is 5.69 Å². The summed E-state index contributed by atoms with van der Waals surface area (Å²) in [7, 11) is 0. The first-order chi connectivity index (χ1) is 12.0. The molecule has 7 nitrogen and oxygen atoms in total. The molecule has 2 N–H and O–H groups in total. The lowest BCUT2D eigenvalue weighted by atomic mass is 10.2. The number of para-hydroxylation sites is 1. The number of carbonyl (C=O) groups excluding carboxylic acids is 1. The van der Waals surface area contributed by atoms with E-state index in [0.717, 1.165) is 30.6 Å². The van der Waals surface area contributed by atoms with Gasteiger partial charge in [0.25, 0.3) is 5.56 Å². The van der Waals surface area contributed by atoms with Crippen LogP contribution in [0.4, 0.5) is 0 Å². The van der Waals surface area contributed by atoms with Crippen LogP contribution >= 0.6 is 0 Å². The molecule has 7 heteroatoms. The normalized spacial score (nSPS) is 16.2. The van der Waals surface area contributed by atoms with Gasteiger partial charge in [0.2, 0.25) is 5.91 Å². The number of aromatic amines is 1. The van der Waals surface area contributed by atoms with Gasteiger partial charge in [0, 0.05) is 12.6 Å². The number of benzene rings is 1. The average molecular weight is 344 g/mol. The lowest BCUT2D eigenvalue weighted by molar-refractivity contribution is -0.122. The number of carbonyl (C=O) groups is 1. The van der Waals surface area contributed by atoms with E-state index in [2.05, 4.69) is 15.2 Å². The molecular formula is C18H24N4O3. The van der Waals surface area contributed by atoms with Crippen LogP contribution in [-0.4, -0.2) is 46.0 Å². The Labute approximate surface area is 145 Å². The number of aromatic nitrogens is 2. The Bertz CT molecular complexity index is 864. The zero-order chi connectivity index (χ0) is 17.8. The summed E-state index contributed by atoms with van der Waals surface area (Å²) in [6, 6.07) is 6.79. The minimum atomic E-state index is -0.566. The van der Waals surface area contributed by atoms with Crippen molar-refractivity contribution in [2.75, 3.05) is 19.6 Å². The molecule has 25 heavy (non-hydrogen) atoms. The molecule has 1 amide bonds. The second-order valence-corrected chi connectivity index (χ2v) is 6.67. The van der Waals surface area contributed by atoms with Crippen LogP contribution < -0.4 is 16.6 Å². The fraction of sp³-hybridized carbons (Fsp3) is 0.500. The highest BCUT2D eigenvalue weighted by atomic mass is 16.2. The molecule has 2 heterocycles. The summed E-state index contributed by atoms with van der Waals surface area (Å²) in [5, 5.41) is 3.28. The molecule has 1 aliphatic heterocycles. The van der Waals surface area contributed by atoms with E-state index in [-0.39, 0.29) is 18.5 Å². The van der Waals surface area contributed by atoms with E-state index in [1.54, 1.807) is 24.3 Å². The Kier molecular flexibility index (Phi) is 5.33. The molecular weight excluding hydrogens is 320 g/mol. The maximum atomic E-state index is 12.4. The number of nitrogens with zero attached hydrogens (tertiary/aromatic N) is 2. The maximum Gasteiger partial charge on any atom is 0.329 e. The second kappa shape index (κ2) is 7.65. The number of H-pyrrole nitrogens is 1. The molecule has 1 aromatic heterocycles. The van der Waals surface area contributed by atoms with Crippen LogP contribution in [0.1, 0.15) is 26.2 Å². The molecule has 1 saturated heterocycles. The molecule has 3 rings (SSSR count). The standard InChI is InChI=1S/C18H24N4O3/c1-13(8-11-21-9-4-5-10-21)19-16(23)12-22-17(24)14-6-2-3-7-15(14)20-18(22)25/h2-3,6-7,13H,4-5,8-12H2,1H3,(H,19,23)(H,20,25)/t13-/m0/s1. The van der Waals surface area contributed by atoms with E-state index in [4.69, 9.17) is 0 Å². The first kappa shape index (κ1) is 17.4. The van der Waals surface area contributed by atoms with Gasteiger partial charge in [-0.2, -0.15) is 0 Å². The van der Waals surface area contributed by atoms with Crippen LogP contribution in [0.3, 0.4) is 0 Å². The van der Waals surface area contributed by atoms with Gasteiger partial charge in [0.15, 0.2) is 0 Å². The van der Waals surface area contributed by atoms with E-state index in [1.165, 1.54) is 12.8 Å². The number of hydrogen-bond acceptors (Lipinski definition) is 4. The van der Waals surface area contributed by atoms with Crippen molar-refractivity contribution in [2.45, 2.75) is 38.8 Å². The summed E-state index contributed by atoms with van der Waals surface area (Å²) < 4.78 is 0.949. The van der Waals surface area contributed by atoms with E-state index < -0.39 is 11.2 Å². The molecule has 1 aromatic carbocycles.